The molecular weight excluding hydrogens is 376 g/mol. The molecule has 4 nitrogen and oxygen atoms in total. The van der Waals surface area contributed by atoms with Crippen molar-refractivity contribution in [2.75, 3.05) is 6.54 Å². The quantitative estimate of drug-likeness (QED) is 0.376. The zero-order valence-corrected chi connectivity index (χ0v) is 16.3. The number of amides is 2. The van der Waals surface area contributed by atoms with Crippen molar-refractivity contribution >= 4 is 46.6 Å². The van der Waals surface area contributed by atoms with E-state index in [4.69, 9.17) is 12.2 Å². The maximum Gasteiger partial charge on any atom is 0.265 e. The van der Waals surface area contributed by atoms with Crippen LogP contribution in [0, 0.1) is 0 Å². The summed E-state index contributed by atoms with van der Waals surface area (Å²) in [5, 5.41) is 2.71. The molecule has 0 atom stereocenters. The van der Waals surface area contributed by atoms with Crippen molar-refractivity contribution in [3.63, 3.8) is 0 Å². The van der Waals surface area contributed by atoms with E-state index >= 15 is 0 Å². The fourth-order valence-corrected chi connectivity index (χ4v) is 4.86. The minimum atomic E-state index is -0.445. The maximum absolute atomic E-state index is 12.7. The first kappa shape index (κ1) is 17.8. The molecule has 136 valence electrons. The lowest BCUT2D eigenvalue weighted by Gasteiger charge is -2.27. The van der Waals surface area contributed by atoms with Crippen LogP contribution in [0.1, 0.15) is 26.4 Å². The third kappa shape index (κ3) is 3.38. The van der Waals surface area contributed by atoms with E-state index < -0.39 is 5.91 Å². The lowest BCUT2D eigenvalue weighted by Crippen LogP contribution is -2.53. The molecule has 2 aliphatic rings. The molecule has 2 amide bonds. The molecule has 1 fully saturated rings. The van der Waals surface area contributed by atoms with Crippen LogP contribution in [0.15, 0.2) is 48.6 Å². The van der Waals surface area contributed by atoms with Gasteiger partial charge in [0.1, 0.15) is 5.57 Å². The van der Waals surface area contributed by atoms with Gasteiger partial charge in [-0.1, -0.05) is 30.3 Å². The van der Waals surface area contributed by atoms with Gasteiger partial charge in [-0.2, -0.15) is 0 Å². The van der Waals surface area contributed by atoms with Crippen LogP contribution < -0.4 is 5.32 Å². The molecule has 6 heteroatoms. The van der Waals surface area contributed by atoms with Crippen molar-refractivity contribution in [2.45, 2.75) is 19.3 Å². The van der Waals surface area contributed by atoms with E-state index in [1.807, 2.05) is 0 Å². The van der Waals surface area contributed by atoms with Crippen LogP contribution in [0.4, 0.5) is 0 Å². The average molecular weight is 395 g/mol. The number of nitrogens with one attached hydrogen (secondary N) is 1. The lowest BCUT2D eigenvalue weighted by molar-refractivity contribution is -0.128. The summed E-state index contributed by atoms with van der Waals surface area (Å²) in [6, 6.07) is 10.6. The van der Waals surface area contributed by atoms with E-state index in [1.54, 1.807) is 23.5 Å². The molecule has 1 aliphatic heterocycles. The van der Waals surface area contributed by atoms with Gasteiger partial charge >= 0.3 is 0 Å². The number of hydrogen-bond acceptors (Lipinski definition) is 4. The summed E-state index contributed by atoms with van der Waals surface area (Å²) in [7, 11) is 0. The molecule has 0 bridgehead atoms. The Hall–Kier alpha value is -2.57. The SMILES string of the molecule is C=CCN1C(=O)/C(=C/c2cc3c(s2)CCc2ccccc2C3)C(=O)NC1=S. The number of benzene rings is 1. The Morgan fingerprint density at radius 3 is 2.74 bits per heavy atom. The minimum absolute atomic E-state index is 0.113. The van der Waals surface area contributed by atoms with Gasteiger partial charge in [0.05, 0.1) is 0 Å². The summed E-state index contributed by atoms with van der Waals surface area (Å²) in [6.45, 7) is 3.91. The number of hydrogen-bond donors (Lipinski definition) is 1. The largest absolute Gasteiger partial charge is 0.298 e. The van der Waals surface area contributed by atoms with E-state index in [-0.39, 0.29) is 23.1 Å². The highest BCUT2D eigenvalue weighted by atomic mass is 32.1. The first-order valence-electron chi connectivity index (χ1n) is 8.75. The molecular formula is C21H18N2O2S2. The highest BCUT2D eigenvalue weighted by Crippen LogP contribution is 2.32. The van der Waals surface area contributed by atoms with E-state index in [0.29, 0.717) is 0 Å². The van der Waals surface area contributed by atoms with Crippen LogP contribution in [-0.4, -0.2) is 28.4 Å². The number of nitrogens with zero attached hydrogens (tertiary/aromatic N) is 1. The predicted octanol–water partition coefficient (Wildman–Crippen LogP) is 3.25. The minimum Gasteiger partial charge on any atom is -0.298 e. The third-order valence-corrected chi connectivity index (χ3v) is 6.33. The van der Waals surface area contributed by atoms with Gasteiger partial charge < -0.3 is 0 Å². The topological polar surface area (TPSA) is 49.4 Å². The van der Waals surface area contributed by atoms with Gasteiger partial charge in [-0.15, -0.1) is 17.9 Å². The van der Waals surface area contributed by atoms with Crippen molar-refractivity contribution in [1.29, 1.82) is 0 Å². The van der Waals surface area contributed by atoms with Crippen LogP contribution in [0.2, 0.25) is 0 Å². The number of carbonyl (C=O) groups is 2. The second-order valence-corrected chi connectivity index (χ2v) is 8.12. The molecule has 2 heterocycles. The maximum atomic E-state index is 12.7. The Balaban J connectivity index is 1.66. The van der Waals surface area contributed by atoms with Crippen LogP contribution in [-0.2, 0) is 28.9 Å². The van der Waals surface area contributed by atoms with Crippen molar-refractivity contribution in [3.05, 3.63) is 75.0 Å². The Bertz CT molecular complexity index is 1000. The number of thiocarbonyl (C=S) groups is 1. The van der Waals surface area contributed by atoms with E-state index in [9.17, 15) is 9.59 Å². The van der Waals surface area contributed by atoms with Crippen molar-refractivity contribution in [2.24, 2.45) is 0 Å². The second kappa shape index (κ2) is 7.21. The molecule has 1 saturated heterocycles. The zero-order chi connectivity index (χ0) is 19.0. The standard InChI is InChI=1S/C21H18N2O2S2/c1-2-9-23-20(25)17(19(24)22-21(23)26)12-16-11-15-10-14-6-4-3-5-13(14)7-8-18(15)27-16/h2-6,11-12H,1,7-10H2,(H,22,24,26)/b17-12+. The average Bonchev–Trinajstić information content (AvgIpc) is 2.94. The molecule has 4 rings (SSSR count). The van der Waals surface area contributed by atoms with Crippen molar-refractivity contribution in [1.82, 2.24) is 10.2 Å². The van der Waals surface area contributed by atoms with Crippen LogP contribution >= 0.6 is 23.6 Å². The predicted molar refractivity (Wildman–Crippen MR) is 112 cm³/mol. The molecule has 0 unspecified atom stereocenters. The molecule has 0 radical (unpaired) electrons. The van der Waals surface area contributed by atoms with E-state index in [2.05, 4.69) is 42.2 Å². The van der Waals surface area contributed by atoms with Gasteiger partial charge in [-0.05, 0) is 60.3 Å². The van der Waals surface area contributed by atoms with Gasteiger partial charge in [0, 0.05) is 16.3 Å². The number of fused-ring (bicyclic) bond motifs is 2. The zero-order valence-electron chi connectivity index (χ0n) is 14.7. The summed E-state index contributed by atoms with van der Waals surface area (Å²) >= 11 is 6.74. The van der Waals surface area contributed by atoms with Gasteiger partial charge in [-0.3, -0.25) is 19.8 Å². The molecule has 27 heavy (non-hydrogen) atoms. The second-order valence-electron chi connectivity index (χ2n) is 6.56. The molecule has 2 aromatic rings. The highest BCUT2D eigenvalue weighted by Gasteiger charge is 2.32. The normalized spacial score (nSPS) is 18.0. The third-order valence-electron chi connectivity index (χ3n) is 4.82. The van der Waals surface area contributed by atoms with E-state index in [1.165, 1.54) is 26.5 Å². The summed E-state index contributed by atoms with van der Waals surface area (Å²) in [5.74, 6) is -0.822. The highest BCUT2D eigenvalue weighted by molar-refractivity contribution is 7.80. The Kier molecular flexibility index (Phi) is 4.76. The molecule has 1 aliphatic carbocycles. The molecule has 1 aromatic heterocycles. The Labute approximate surface area is 167 Å². The Morgan fingerprint density at radius 1 is 1.19 bits per heavy atom. The van der Waals surface area contributed by atoms with E-state index in [0.717, 1.165) is 24.1 Å². The summed E-state index contributed by atoms with van der Waals surface area (Å²) in [4.78, 5) is 28.6. The number of aryl methyl sites for hydroxylation is 2. The van der Waals surface area contributed by atoms with Gasteiger partial charge in [0.25, 0.3) is 11.8 Å². The van der Waals surface area contributed by atoms with Crippen molar-refractivity contribution in [3.8, 4) is 0 Å². The van der Waals surface area contributed by atoms with Crippen LogP contribution in [0.5, 0.6) is 0 Å². The van der Waals surface area contributed by atoms with Crippen LogP contribution in [0.25, 0.3) is 6.08 Å². The smallest absolute Gasteiger partial charge is 0.265 e. The lowest BCUT2D eigenvalue weighted by atomic mass is 10.0. The first-order chi connectivity index (χ1) is 13.1. The molecule has 1 aromatic carbocycles. The first-order valence-corrected chi connectivity index (χ1v) is 9.97. The van der Waals surface area contributed by atoms with Gasteiger partial charge in [-0.25, -0.2) is 0 Å². The fourth-order valence-electron chi connectivity index (χ4n) is 3.48. The molecule has 1 N–H and O–H groups in total. The number of rotatable bonds is 3. The number of thiophene rings is 1. The molecule has 0 saturated carbocycles. The summed E-state index contributed by atoms with van der Waals surface area (Å²) in [6.07, 6.45) is 6.15. The van der Waals surface area contributed by atoms with Gasteiger partial charge in [0.15, 0.2) is 5.11 Å². The summed E-state index contributed by atoms with van der Waals surface area (Å²) < 4.78 is 0. The van der Waals surface area contributed by atoms with Crippen molar-refractivity contribution < 1.29 is 9.59 Å². The fraction of sp³-hybridized carbons (Fsp3) is 0.190. The molecule has 0 spiro atoms. The van der Waals surface area contributed by atoms with Gasteiger partial charge in [0.2, 0.25) is 0 Å². The number of carbonyl (C=O) groups excluding carboxylic acids is 2. The van der Waals surface area contributed by atoms with Crippen LogP contribution in [0.3, 0.4) is 0 Å². The Morgan fingerprint density at radius 2 is 1.96 bits per heavy atom. The monoisotopic (exact) mass is 394 g/mol. The summed E-state index contributed by atoms with van der Waals surface area (Å²) in [5.41, 5.74) is 4.14.